The van der Waals surface area contributed by atoms with Crippen molar-refractivity contribution in [1.82, 2.24) is 19.7 Å². The summed E-state index contributed by atoms with van der Waals surface area (Å²) >= 11 is 6.03. The van der Waals surface area contributed by atoms with Crippen LogP contribution in [0.25, 0.3) is 27.5 Å². The molecule has 4 aromatic rings. The molecule has 0 amide bonds. The Bertz CT molecular complexity index is 1080. The van der Waals surface area contributed by atoms with Crippen molar-refractivity contribution in [2.45, 2.75) is 0 Å². The van der Waals surface area contributed by atoms with Gasteiger partial charge < -0.3 is 5.11 Å². The molecule has 22 heavy (non-hydrogen) atoms. The second kappa shape index (κ2) is 4.57. The lowest BCUT2D eigenvalue weighted by atomic mass is 10.2. The highest BCUT2D eigenvalue weighted by atomic mass is 35.5. The Morgan fingerprint density at radius 1 is 1.18 bits per heavy atom. The Balaban J connectivity index is 2.13. The number of H-pyrrole nitrogens is 1. The van der Waals surface area contributed by atoms with Gasteiger partial charge in [0, 0.05) is 10.4 Å². The lowest BCUT2D eigenvalue weighted by Crippen LogP contribution is -2.21. The molecular formula is C15H9ClN4O2. The van der Waals surface area contributed by atoms with Crippen molar-refractivity contribution >= 4 is 33.4 Å². The molecule has 2 aromatic carbocycles. The summed E-state index contributed by atoms with van der Waals surface area (Å²) in [5.74, 6) is -0.308. The first-order valence-electron chi connectivity index (χ1n) is 6.48. The van der Waals surface area contributed by atoms with Crippen molar-refractivity contribution in [3.8, 4) is 11.6 Å². The summed E-state index contributed by atoms with van der Waals surface area (Å²) in [6.07, 6.45) is 1.67. The third kappa shape index (κ3) is 1.85. The van der Waals surface area contributed by atoms with E-state index in [1.165, 1.54) is 4.57 Å². The maximum atomic E-state index is 12.3. The molecule has 0 aliphatic heterocycles. The predicted molar refractivity (Wildman–Crippen MR) is 83.7 cm³/mol. The number of aromatic nitrogens is 4. The Morgan fingerprint density at radius 2 is 2.05 bits per heavy atom. The van der Waals surface area contributed by atoms with Crippen LogP contribution < -0.4 is 5.69 Å². The fourth-order valence-electron chi connectivity index (χ4n) is 2.50. The standard InChI is InChI=1S/C15H9ClN4O2/c16-9-1-3-11-13(6-9)20(15(22)18-14(11)21)10-2-4-12-8(5-10)7-17-19-12/h1-7H,(H,17,19)(H,18,21,22). The fraction of sp³-hybridized carbons (Fsp3) is 0. The van der Waals surface area contributed by atoms with Crippen LogP contribution in [-0.2, 0) is 0 Å². The lowest BCUT2D eigenvalue weighted by molar-refractivity contribution is 0.456. The fourth-order valence-corrected chi connectivity index (χ4v) is 2.67. The first-order valence-corrected chi connectivity index (χ1v) is 6.86. The van der Waals surface area contributed by atoms with E-state index in [1.54, 1.807) is 30.5 Å². The topological polar surface area (TPSA) is 83.8 Å². The molecule has 7 heteroatoms. The third-order valence-electron chi connectivity index (χ3n) is 3.52. The van der Waals surface area contributed by atoms with E-state index in [2.05, 4.69) is 15.2 Å². The van der Waals surface area contributed by atoms with Crippen LogP contribution in [0.5, 0.6) is 5.88 Å². The second-order valence-electron chi connectivity index (χ2n) is 4.86. The Morgan fingerprint density at radius 3 is 2.91 bits per heavy atom. The molecule has 2 heterocycles. The Hall–Kier alpha value is -2.86. The second-order valence-corrected chi connectivity index (χ2v) is 5.29. The van der Waals surface area contributed by atoms with Gasteiger partial charge in [-0.2, -0.15) is 10.1 Å². The van der Waals surface area contributed by atoms with Crippen LogP contribution in [0.3, 0.4) is 0 Å². The van der Waals surface area contributed by atoms with Gasteiger partial charge in [0.2, 0.25) is 5.88 Å². The van der Waals surface area contributed by atoms with Crippen LogP contribution in [0.15, 0.2) is 47.4 Å². The molecule has 0 spiro atoms. The van der Waals surface area contributed by atoms with Crippen LogP contribution in [-0.4, -0.2) is 24.9 Å². The van der Waals surface area contributed by atoms with E-state index in [9.17, 15) is 9.90 Å². The number of nitrogens with zero attached hydrogens (tertiary/aromatic N) is 3. The minimum Gasteiger partial charge on any atom is -0.493 e. The number of hydrogen-bond donors (Lipinski definition) is 2. The highest BCUT2D eigenvalue weighted by Crippen LogP contribution is 2.26. The van der Waals surface area contributed by atoms with Crippen molar-refractivity contribution < 1.29 is 5.11 Å². The van der Waals surface area contributed by atoms with E-state index in [4.69, 9.17) is 11.6 Å². The van der Waals surface area contributed by atoms with Gasteiger partial charge in [-0.05, 0) is 36.4 Å². The monoisotopic (exact) mass is 312 g/mol. The van der Waals surface area contributed by atoms with Gasteiger partial charge in [-0.15, -0.1) is 0 Å². The highest BCUT2D eigenvalue weighted by Gasteiger charge is 2.12. The number of halogens is 1. The molecule has 0 saturated carbocycles. The summed E-state index contributed by atoms with van der Waals surface area (Å²) in [6, 6.07) is 10.3. The molecule has 0 bridgehead atoms. The maximum absolute atomic E-state index is 12.3. The van der Waals surface area contributed by atoms with Gasteiger partial charge in [0.1, 0.15) is 0 Å². The van der Waals surface area contributed by atoms with Crippen LogP contribution in [0, 0.1) is 0 Å². The number of aromatic amines is 1. The normalized spacial score (nSPS) is 11.3. The summed E-state index contributed by atoms with van der Waals surface area (Å²) in [6.45, 7) is 0. The van der Waals surface area contributed by atoms with Crippen molar-refractivity contribution in [3.05, 3.63) is 58.1 Å². The zero-order valence-corrected chi connectivity index (χ0v) is 11.9. The number of hydrogen-bond acceptors (Lipinski definition) is 4. The molecule has 0 aliphatic carbocycles. The zero-order chi connectivity index (χ0) is 15.3. The average molecular weight is 313 g/mol. The number of benzene rings is 2. The smallest absolute Gasteiger partial charge is 0.355 e. The minimum atomic E-state index is -0.574. The number of aromatic hydroxyl groups is 1. The summed E-state index contributed by atoms with van der Waals surface area (Å²) < 4.78 is 1.41. The third-order valence-corrected chi connectivity index (χ3v) is 3.75. The van der Waals surface area contributed by atoms with E-state index >= 15 is 0 Å². The van der Waals surface area contributed by atoms with Gasteiger partial charge in [-0.1, -0.05) is 11.6 Å². The first-order chi connectivity index (χ1) is 10.6. The van der Waals surface area contributed by atoms with Crippen LogP contribution in [0.1, 0.15) is 0 Å². The van der Waals surface area contributed by atoms with E-state index < -0.39 is 5.69 Å². The quantitative estimate of drug-likeness (QED) is 0.566. The van der Waals surface area contributed by atoms with Gasteiger partial charge in [-0.3, -0.25) is 9.67 Å². The van der Waals surface area contributed by atoms with Crippen LogP contribution in [0.2, 0.25) is 5.02 Å². The van der Waals surface area contributed by atoms with Crippen molar-refractivity contribution in [2.24, 2.45) is 0 Å². The SMILES string of the molecule is O=c1nc(O)c2ccc(Cl)cc2n1-c1ccc2[nH]ncc2c1. The van der Waals surface area contributed by atoms with Gasteiger partial charge in [-0.25, -0.2) is 4.79 Å². The Kier molecular flexibility index (Phi) is 2.67. The van der Waals surface area contributed by atoms with E-state index in [0.29, 0.717) is 21.6 Å². The van der Waals surface area contributed by atoms with Crippen molar-refractivity contribution in [1.29, 1.82) is 0 Å². The number of nitrogens with one attached hydrogen (secondary N) is 1. The summed E-state index contributed by atoms with van der Waals surface area (Å²) in [5.41, 5.74) is 1.41. The van der Waals surface area contributed by atoms with E-state index in [-0.39, 0.29) is 5.88 Å². The predicted octanol–water partition coefficient (Wildman–Crippen LogP) is 2.62. The average Bonchev–Trinajstić information content (AvgIpc) is 2.94. The molecule has 0 fully saturated rings. The van der Waals surface area contributed by atoms with Crippen LogP contribution >= 0.6 is 11.6 Å². The molecule has 0 atom stereocenters. The summed E-state index contributed by atoms with van der Waals surface area (Å²) in [7, 11) is 0. The summed E-state index contributed by atoms with van der Waals surface area (Å²) in [5, 5.41) is 18.5. The molecule has 0 unspecified atom stereocenters. The molecule has 2 N–H and O–H groups in total. The highest BCUT2D eigenvalue weighted by molar-refractivity contribution is 6.31. The van der Waals surface area contributed by atoms with Crippen LogP contribution in [0.4, 0.5) is 0 Å². The van der Waals surface area contributed by atoms with Gasteiger partial charge in [0.25, 0.3) is 0 Å². The first kappa shape index (κ1) is 12.8. The Labute approximate surface area is 128 Å². The molecule has 0 aliphatic rings. The minimum absolute atomic E-state index is 0.308. The van der Waals surface area contributed by atoms with Crippen molar-refractivity contribution in [3.63, 3.8) is 0 Å². The largest absolute Gasteiger partial charge is 0.493 e. The lowest BCUT2D eigenvalue weighted by Gasteiger charge is -2.10. The molecule has 108 valence electrons. The summed E-state index contributed by atoms with van der Waals surface area (Å²) in [4.78, 5) is 15.9. The van der Waals surface area contributed by atoms with Gasteiger partial charge in [0.05, 0.1) is 28.3 Å². The molecule has 0 radical (unpaired) electrons. The zero-order valence-electron chi connectivity index (χ0n) is 11.1. The van der Waals surface area contributed by atoms with Gasteiger partial charge >= 0.3 is 5.69 Å². The number of rotatable bonds is 1. The number of fused-ring (bicyclic) bond motifs is 2. The van der Waals surface area contributed by atoms with Crippen molar-refractivity contribution in [2.75, 3.05) is 0 Å². The molecule has 0 saturated heterocycles. The molecule has 6 nitrogen and oxygen atoms in total. The van der Waals surface area contributed by atoms with Gasteiger partial charge in [0.15, 0.2) is 0 Å². The molecule has 4 rings (SSSR count). The van der Waals surface area contributed by atoms with E-state index in [0.717, 1.165) is 10.9 Å². The maximum Gasteiger partial charge on any atom is 0.355 e. The molecular weight excluding hydrogens is 304 g/mol. The molecule has 2 aromatic heterocycles. The van der Waals surface area contributed by atoms with E-state index in [1.807, 2.05) is 12.1 Å².